The van der Waals surface area contributed by atoms with Crippen LogP contribution in [0.1, 0.15) is 18.1 Å². The van der Waals surface area contributed by atoms with Gasteiger partial charge in [0.25, 0.3) is 0 Å². The van der Waals surface area contributed by atoms with Crippen molar-refractivity contribution < 1.29 is 19.1 Å². The first-order valence-electron chi connectivity index (χ1n) is 7.40. The highest BCUT2D eigenvalue weighted by Gasteiger charge is 2.36. The number of hydrogen-bond donors (Lipinski definition) is 0. The lowest BCUT2D eigenvalue weighted by Crippen LogP contribution is -2.40. The molecule has 1 unspecified atom stereocenters. The zero-order chi connectivity index (χ0) is 16.2. The molecule has 118 valence electrons. The van der Waals surface area contributed by atoms with Gasteiger partial charge in [-0.2, -0.15) is 0 Å². The molecular weight excluding hydrogens is 294 g/mol. The zero-order valence-electron chi connectivity index (χ0n) is 12.8. The Labute approximate surface area is 134 Å². The molecule has 0 saturated carbocycles. The van der Waals surface area contributed by atoms with Gasteiger partial charge < -0.3 is 9.47 Å². The summed E-state index contributed by atoms with van der Waals surface area (Å²) in [5.74, 6) is -0.427. The molecule has 1 atom stereocenters. The highest BCUT2D eigenvalue weighted by molar-refractivity contribution is 5.91. The van der Waals surface area contributed by atoms with E-state index in [9.17, 15) is 9.59 Å². The van der Waals surface area contributed by atoms with Crippen LogP contribution in [-0.4, -0.2) is 18.3 Å². The van der Waals surface area contributed by atoms with Gasteiger partial charge in [-0.1, -0.05) is 48.5 Å². The molecule has 0 aromatic heterocycles. The predicted molar refractivity (Wildman–Crippen MR) is 84.8 cm³/mol. The number of benzene rings is 2. The first-order valence-corrected chi connectivity index (χ1v) is 7.40. The van der Waals surface area contributed by atoms with Gasteiger partial charge in [-0.25, -0.2) is 9.69 Å². The van der Waals surface area contributed by atoms with E-state index in [-0.39, 0.29) is 6.61 Å². The van der Waals surface area contributed by atoms with E-state index in [2.05, 4.69) is 0 Å². The largest absolute Gasteiger partial charge is 0.444 e. The first-order chi connectivity index (χ1) is 11.1. The lowest BCUT2D eigenvalue weighted by molar-refractivity contribution is -0.145. The molecule has 0 spiro atoms. The summed E-state index contributed by atoms with van der Waals surface area (Å²) < 4.78 is 10.6. The van der Waals surface area contributed by atoms with E-state index in [1.165, 1.54) is 11.8 Å². The quantitative estimate of drug-likeness (QED) is 0.816. The number of para-hydroxylation sites is 1. The van der Waals surface area contributed by atoms with Crippen molar-refractivity contribution in [1.82, 2.24) is 0 Å². The van der Waals surface area contributed by atoms with Gasteiger partial charge in [-0.3, -0.25) is 4.79 Å². The second-order valence-electron chi connectivity index (χ2n) is 5.31. The Hall–Kier alpha value is -2.82. The van der Waals surface area contributed by atoms with Crippen LogP contribution in [0.3, 0.4) is 0 Å². The van der Waals surface area contributed by atoms with Crippen LogP contribution in [0.25, 0.3) is 0 Å². The highest BCUT2D eigenvalue weighted by Crippen LogP contribution is 2.33. The maximum Gasteiger partial charge on any atom is 0.417 e. The van der Waals surface area contributed by atoms with Crippen LogP contribution in [0, 0.1) is 0 Å². The van der Waals surface area contributed by atoms with Crippen LogP contribution in [-0.2, 0) is 27.3 Å². The summed E-state index contributed by atoms with van der Waals surface area (Å²) in [5.41, 5.74) is 2.57. The van der Waals surface area contributed by atoms with Crippen LogP contribution in [0.5, 0.6) is 0 Å². The Morgan fingerprint density at radius 1 is 1.09 bits per heavy atom. The fourth-order valence-corrected chi connectivity index (χ4v) is 2.64. The van der Waals surface area contributed by atoms with Crippen molar-refractivity contribution >= 4 is 17.7 Å². The molecule has 1 heterocycles. The van der Waals surface area contributed by atoms with Gasteiger partial charge in [-0.15, -0.1) is 0 Å². The topological polar surface area (TPSA) is 55.8 Å². The molecule has 3 rings (SSSR count). The van der Waals surface area contributed by atoms with Gasteiger partial charge in [0.05, 0.1) is 5.69 Å². The number of carbonyl (C=O) groups excluding carboxylic acids is 2. The molecule has 1 aliphatic heterocycles. The molecule has 1 amide bonds. The molecule has 2 aromatic rings. The Bertz CT molecular complexity index is 714. The third-order valence-corrected chi connectivity index (χ3v) is 3.64. The van der Waals surface area contributed by atoms with Gasteiger partial charge in [0.15, 0.2) is 6.23 Å². The van der Waals surface area contributed by atoms with Crippen LogP contribution >= 0.6 is 0 Å². The lowest BCUT2D eigenvalue weighted by atomic mass is 10.2. The molecule has 0 radical (unpaired) electrons. The fourth-order valence-electron chi connectivity index (χ4n) is 2.64. The summed E-state index contributed by atoms with van der Waals surface area (Å²) in [7, 11) is 0. The second kappa shape index (κ2) is 6.52. The van der Waals surface area contributed by atoms with Crippen molar-refractivity contribution in [1.29, 1.82) is 0 Å². The summed E-state index contributed by atoms with van der Waals surface area (Å²) in [6.45, 7) is 1.50. The zero-order valence-corrected chi connectivity index (χ0v) is 12.8. The average Bonchev–Trinajstić information content (AvgIpc) is 2.90. The first kappa shape index (κ1) is 15.1. The van der Waals surface area contributed by atoms with Crippen molar-refractivity contribution in [2.24, 2.45) is 0 Å². The minimum Gasteiger partial charge on any atom is -0.444 e. The molecule has 23 heavy (non-hydrogen) atoms. The maximum absolute atomic E-state index is 12.5. The van der Waals surface area contributed by atoms with Crippen LogP contribution in [0.4, 0.5) is 10.5 Å². The summed E-state index contributed by atoms with van der Waals surface area (Å²) in [6.07, 6.45) is -0.714. The van der Waals surface area contributed by atoms with E-state index in [1.54, 1.807) is 0 Å². The second-order valence-corrected chi connectivity index (χ2v) is 5.31. The summed E-state index contributed by atoms with van der Waals surface area (Å²) in [4.78, 5) is 25.2. The molecule has 2 aromatic carbocycles. The lowest BCUT2D eigenvalue weighted by Gasteiger charge is -2.24. The van der Waals surface area contributed by atoms with E-state index in [4.69, 9.17) is 9.47 Å². The Morgan fingerprint density at radius 3 is 2.52 bits per heavy atom. The standard InChI is InChI=1S/C18H17NO4/c1-13(20)23-17-11-15-9-5-6-10-16(15)19(17)18(21)22-12-14-7-3-2-4-8-14/h2-10,17H,11-12H2,1H3. The van der Waals surface area contributed by atoms with Crippen molar-refractivity contribution in [2.45, 2.75) is 26.2 Å². The van der Waals surface area contributed by atoms with Crippen molar-refractivity contribution in [3.8, 4) is 0 Å². The highest BCUT2D eigenvalue weighted by atomic mass is 16.6. The van der Waals surface area contributed by atoms with Crippen molar-refractivity contribution in [3.05, 3.63) is 65.7 Å². The number of nitrogens with zero attached hydrogens (tertiary/aromatic N) is 1. The third kappa shape index (κ3) is 3.34. The van der Waals surface area contributed by atoms with E-state index < -0.39 is 18.3 Å². The van der Waals surface area contributed by atoms with Crippen molar-refractivity contribution in [3.63, 3.8) is 0 Å². The molecule has 0 saturated heterocycles. The average molecular weight is 311 g/mol. The predicted octanol–water partition coefficient (Wildman–Crippen LogP) is 3.28. The van der Waals surface area contributed by atoms with E-state index in [1.807, 2.05) is 54.6 Å². The number of anilines is 1. The normalized spacial score (nSPS) is 15.9. The fraction of sp³-hybridized carbons (Fsp3) is 0.222. The number of amides is 1. The number of ether oxygens (including phenoxy) is 2. The molecule has 0 bridgehead atoms. The maximum atomic E-state index is 12.5. The summed E-state index contributed by atoms with van der Waals surface area (Å²) in [5, 5.41) is 0. The van der Waals surface area contributed by atoms with Crippen molar-refractivity contribution in [2.75, 3.05) is 4.90 Å². The molecular formula is C18H17NO4. The molecule has 5 heteroatoms. The monoisotopic (exact) mass is 311 g/mol. The molecule has 1 aliphatic rings. The summed E-state index contributed by atoms with van der Waals surface area (Å²) in [6, 6.07) is 16.9. The van der Waals surface area contributed by atoms with Gasteiger partial charge in [0.2, 0.25) is 0 Å². The van der Waals surface area contributed by atoms with Gasteiger partial charge in [0.1, 0.15) is 6.61 Å². The Kier molecular flexibility index (Phi) is 4.28. The number of carbonyl (C=O) groups is 2. The third-order valence-electron chi connectivity index (χ3n) is 3.64. The van der Waals surface area contributed by atoms with E-state index in [0.29, 0.717) is 6.42 Å². The molecule has 0 aliphatic carbocycles. The van der Waals surface area contributed by atoms with Gasteiger partial charge >= 0.3 is 12.1 Å². The number of rotatable bonds is 3. The van der Waals surface area contributed by atoms with E-state index in [0.717, 1.165) is 16.8 Å². The number of fused-ring (bicyclic) bond motifs is 1. The molecule has 0 fully saturated rings. The molecule has 5 nitrogen and oxygen atoms in total. The Morgan fingerprint density at radius 2 is 1.78 bits per heavy atom. The number of esters is 1. The Balaban J connectivity index is 1.76. The minimum absolute atomic E-state index is 0.172. The smallest absolute Gasteiger partial charge is 0.417 e. The minimum atomic E-state index is -0.659. The SMILES string of the molecule is CC(=O)OC1Cc2ccccc2N1C(=O)OCc1ccccc1. The molecule has 0 N–H and O–H groups in total. The van der Waals surface area contributed by atoms with Crippen LogP contribution < -0.4 is 4.90 Å². The summed E-state index contributed by atoms with van der Waals surface area (Å²) >= 11 is 0. The number of hydrogen-bond acceptors (Lipinski definition) is 4. The van der Waals surface area contributed by atoms with Gasteiger partial charge in [0, 0.05) is 13.3 Å². The van der Waals surface area contributed by atoms with Gasteiger partial charge in [-0.05, 0) is 17.2 Å². The van der Waals surface area contributed by atoms with E-state index >= 15 is 0 Å². The van der Waals surface area contributed by atoms with Crippen LogP contribution in [0.2, 0.25) is 0 Å². The van der Waals surface area contributed by atoms with Crippen LogP contribution in [0.15, 0.2) is 54.6 Å².